The monoisotopic (exact) mass is 227 g/mol. The van der Waals surface area contributed by atoms with Crippen molar-refractivity contribution < 1.29 is 0 Å². The molecule has 1 fully saturated rings. The van der Waals surface area contributed by atoms with E-state index in [1.165, 1.54) is 25.9 Å². The van der Waals surface area contributed by atoms with E-state index < -0.39 is 0 Å². The van der Waals surface area contributed by atoms with Crippen LogP contribution in [-0.2, 0) is 0 Å². The van der Waals surface area contributed by atoms with Crippen molar-refractivity contribution in [3.05, 3.63) is 0 Å². The van der Waals surface area contributed by atoms with Crippen LogP contribution in [0.3, 0.4) is 0 Å². The molecule has 0 radical (unpaired) electrons. The fraction of sp³-hybridized carbons (Fsp3) is 1.00. The minimum atomic E-state index is 0.628. The maximum atomic E-state index is 3.84. The maximum absolute atomic E-state index is 3.84. The predicted octanol–water partition coefficient (Wildman–Crippen LogP) is 1.26. The highest BCUT2D eigenvalue weighted by Crippen LogP contribution is 2.12. The second-order valence-electron chi connectivity index (χ2n) is 5.86. The number of hydrogen-bond acceptors (Lipinski definition) is 3. The Labute approximate surface area is 101 Å². The van der Waals surface area contributed by atoms with Crippen molar-refractivity contribution >= 4 is 0 Å². The zero-order chi connectivity index (χ0) is 12.1. The normalized spacial score (nSPS) is 21.9. The van der Waals surface area contributed by atoms with Crippen molar-refractivity contribution in [1.82, 2.24) is 15.1 Å². The summed E-state index contributed by atoms with van der Waals surface area (Å²) in [5, 5.41) is 3.84. The van der Waals surface area contributed by atoms with E-state index in [2.05, 4.69) is 50.1 Å². The largest absolute Gasteiger partial charge is 0.310 e. The fourth-order valence-electron chi connectivity index (χ4n) is 2.33. The highest BCUT2D eigenvalue weighted by Gasteiger charge is 2.21. The molecule has 0 saturated carbocycles. The third-order valence-electron chi connectivity index (χ3n) is 3.53. The Kier molecular flexibility index (Phi) is 5.73. The summed E-state index contributed by atoms with van der Waals surface area (Å²) < 4.78 is 0. The smallest absolute Gasteiger partial charge is 0.0220 e. The topological polar surface area (TPSA) is 18.5 Å². The van der Waals surface area contributed by atoms with Crippen LogP contribution in [0.5, 0.6) is 0 Å². The van der Waals surface area contributed by atoms with Crippen molar-refractivity contribution in [2.75, 3.05) is 40.8 Å². The van der Waals surface area contributed by atoms with Crippen LogP contribution in [-0.4, -0.2) is 62.7 Å². The lowest BCUT2D eigenvalue weighted by atomic mass is 9.99. The second-order valence-corrected chi connectivity index (χ2v) is 5.86. The molecular weight excluding hydrogens is 198 g/mol. The molecule has 1 N–H and O–H groups in total. The summed E-state index contributed by atoms with van der Waals surface area (Å²) in [6.45, 7) is 8.26. The van der Waals surface area contributed by atoms with E-state index in [9.17, 15) is 0 Å². The molecule has 96 valence electrons. The van der Waals surface area contributed by atoms with Gasteiger partial charge in [-0.3, -0.25) is 0 Å². The Morgan fingerprint density at radius 2 is 1.81 bits per heavy atom. The summed E-state index contributed by atoms with van der Waals surface area (Å²) in [6.07, 6.45) is 2.60. The first-order valence-electron chi connectivity index (χ1n) is 6.58. The lowest BCUT2D eigenvalue weighted by molar-refractivity contribution is 0.198. The van der Waals surface area contributed by atoms with Gasteiger partial charge in [-0.1, -0.05) is 13.8 Å². The molecule has 1 atom stereocenters. The summed E-state index contributed by atoms with van der Waals surface area (Å²) in [6, 6.07) is 1.35. The van der Waals surface area contributed by atoms with Crippen LogP contribution in [0, 0.1) is 5.92 Å². The third-order valence-corrected chi connectivity index (χ3v) is 3.53. The molecule has 1 heterocycles. The average molecular weight is 227 g/mol. The highest BCUT2D eigenvalue weighted by atomic mass is 15.1. The van der Waals surface area contributed by atoms with Gasteiger partial charge in [-0.2, -0.15) is 0 Å². The van der Waals surface area contributed by atoms with Gasteiger partial charge >= 0.3 is 0 Å². The molecule has 16 heavy (non-hydrogen) atoms. The average Bonchev–Trinajstić information content (AvgIpc) is 2.19. The molecule has 3 heteroatoms. The summed E-state index contributed by atoms with van der Waals surface area (Å²) in [5.74, 6) is 0.710. The Balaban J connectivity index is 2.36. The van der Waals surface area contributed by atoms with Crippen molar-refractivity contribution in [3.8, 4) is 0 Å². The van der Waals surface area contributed by atoms with Gasteiger partial charge in [-0.25, -0.2) is 0 Å². The molecule has 0 amide bonds. The molecular formula is C13H29N3. The Morgan fingerprint density at radius 1 is 1.25 bits per heavy atom. The van der Waals surface area contributed by atoms with Crippen LogP contribution in [0.15, 0.2) is 0 Å². The van der Waals surface area contributed by atoms with Gasteiger partial charge in [0.2, 0.25) is 0 Å². The Bertz CT molecular complexity index is 184. The van der Waals surface area contributed by atoms with Crippen molar-refractivity contribution in [2.45, 2.75) is 38.8 Å². The third kappa shape index (κ3) is 4.81. The van der Waals surface area contributed by atoms with E-state index in [1.807, 2.05) is 0 Å². The number of likely N-dealkylation sites (tertiary alicyclic amines) is 1. The lowest BCUT2D eigenvalue weighted by Gasteiger charge is -2.35. The summed E-state index contributed by atoms with van der Waals surface area (Å²) in [5.41, 5.74) is 0. The number of nitrogens with zero attached hydrogens (tertiary/aromatic N) is 2. The fourth-order valence-corrected chi connectivity index (χ4v) is 2.33. The molecule has 1 rings (SSSR count). The van der Waals surface area contributed by atoms with Gasteiger partial charge in [-0.15, -0.1) is 0 Å². The van der Waals surface area contributed by atoms with Gasteiger partial charge in [-0.05, 0) is 53.0 Å². The van der Waals surface area contributed by atoms with Crippen LogP contribution in [0.4, 0.5) is 0 Å². The second kappa shape index (κ2) is 6.58. The standard InChI is InChI=1S/C13H29N3/c1-11(2)13(10-15(3)4)14-12-6-8-16(5)9-7-12/h11-14H,6-10H2,1-5H3. The molecule has 3 nitrogen and oxygen atoms in total. The molecule has 0 aromatic heterocycles. The van der Waals surface area contributed by atoms with E-state index in [4.69, 9.17) is 0 Å². The van der Waals surface area contributed by atoms with Crippen molar-refractivity contribution in [1.29, 1.82) is 0 Å². The Hall–Kier alpha value is -0.120. The van der Waals surface area contributed by atoms with Gasteiger partial charge in [0.25, 0.3) is 0 Å². The molecule has 1 unspecified atom stereocenters. The maximum Gasteiger partial charge on any atom is 0.0220 e. The minimum absolute atomic E-state index is 0.628. The van der Waals surface area contributed by atoms with Gasteiger partial charge in [0.1, 0.15) is 0 Å². The molecule has 1 saturated heterocycles. The van der Waals surface area contributed by atoms with Gasteiger partial charge in [0.05, 0.1) is 0 Å². The van der Waals surface area contributed by atoms with E-state index in [-0.39, 0.29) is 0 Å². The number of rotatable bonds is 5. The number of likely N-dealkylation sites (N-methyl/N-ethyl adjacent to an activating group) is 1. The SMILES string of the molecule is CC(C)C(CN(C)C)NC1CCN(C)CC1. The van der Waals surface area contributed by atoms with E-state index in [0.29, 0.717) is 12.0 Å². The molecule has 0 spiro atoms. The molecule has 1 aliphatic rings. The molecule has 1 aliphatic heterocycles. The number of piperidine rings is 1. The first-order chi connectivity index (χ1) is 7.49. The van der Waals surface area contributed by atoms with E-state index in [0.717, 1.165) is 12.6 Å². The molecule has 0 aliphatic carbocycles. The van der Waals surface area contributed by atoms with E-state index in [1.54, 1.807) is 0 Å². The van der Waals surface area contributed by atoms with Crippen LogP contribution >= 0.6 is 0 Å². The van der Waals surface area contributed by atoms with Crippen LogP contribution in [0.25, 0.3) is 0 Å². The summed E-state index contributed by atoms with van der Waals surface area (Å²) >= 11 is 0. The van der Waals surface area contributed by atoms with Gasteiger partial charge in [0, 0.05) is 18.6 Å². The zero-order valence-corrected chi connectivity index (χ0v) is 11.7. The van der Waals surface area contributed by atoms with Gasteiger partial charge < -0.3 is 15.1 Å². The molecule has 0 aromatic carbocycles. The van der Waals surface area contributed by atoms with Crippen LogP contribution < -0.4 is 5.32 Å². The number of hydrogen-bond donors (Lipinski definition) is 1. The predicted molar refractivity (Wildman–Crippen MR) is 70.8 cm³/mol. The minimum Gasteiger partial charge on any atom is -0.310 e. The van der Waals surface area contributed by atoms with Crippen LogP contribution in [0.1, 0.15) is 26.7 Å². The first-order valence-corrected chi connectivity index (χ1v) is 6.58. The first kappa shape index (κ1) is 13.9. The highest BCUT2D eigenvalue weighted by molar-refractivity contribution is 4.82. The van der Waals surface area contributed by atoms with Crippen LogP contribution in [0.2, 0.25) is 0 Å². The zero-order valence-electron chi connectivity index (χ0n) is 11.7. The van der Waals surface area contributed by atoms with Crippen molar-refractivity contribution in [2.24, 2.45) is 5.92 Å². The van der Waals surface area contributed by atoms with Gasteiger partial charge in [0.15, 0.2) is 0 Å². The molecule has 0 aromatic rings. The number of nitrogens with one attached hydrogen (secondary N) is 1. The quantitative estimate of drug-likeness (QED) is 0.763. The summed E-state index contributed by atoms with van der Waals surface area (Å²) in [7, 11) is 6.54. The molecule has 0 bridgehead atoms. The summed E-state index contributed by atoms with van der Waals surface area (Å²) in [4.78, 5) is 4.71. The Morgan fingerprint density at radius 3 is 2.25 bits per heavy atom. The lowest BCUT2D eigenvalue weighted by Crippen LogP contribution is -2.50. The van der Waals surface area contributed by atoms with Crippen molar-refractivity contribution in [3.63, 3.8) is 0 Å². The van der Waals surface area contributed by atoms with E-state index >= 15 is 0 Å².